The fraction of sp³-hybridized carbons (Fsp3) is 0.522. The summed E-state index contributed by atoms with van der Waals surface area (Å²) in [6.45, 7) is 5.52. The Kier molecular flexibility index (Phi) is 6.05. The minimum Gasteiger partial charge on any atom is -0.355 e. The van der Waals surface area contributed by atoms with Crippen molar-refractivity contribution in [3.8, 4) is 0 Å². The molecule has 1 aromatic carbocycles. The second kappa shape index (κ2) is 8.85. The number of pyridine rings is 1. The van der Waals surface area contributed by atoms with Crippen molar-refractivity contribution < 1.29 is 0 Å². The predicted molar refractivity (Wildman–Crippen MR) is 112 cm³/mol. The highest BCUT2D eigenvalue weighted by Gasteiger charge is 2.26. The van der Waals surface area contributed by atoms with Gasteiger partial charge in [0.25, 0.3) is 0 Å². The number of aryl methyl sites for hydroxylation is 1. The number of hydrogen-bond donors (Lipinski definition) is 2. The lowest BCUT2D eigenvalue weighted by Crippen LogP contribution is -2.45. The molecule has 2 aliphatic rings. The van der Waals surface area contributed by atoms with Crippen molar-refractivity contribution in [3.63, 3.8) is 0 Å². The molecule has 2 N–H and O–H groups in total. The summed E-state index contributed by atoms with van der Waals surface area (Å²) >= 11 is 0. The maximum atomic E-state index is 4.24. The molecule has 4 rings (SSSR count). The number of aromatic nitrogens is 1. The fourth-order valence-corrected chi connectivity index (χ4v) is 4.50. The molecule has 27 heavy (non-hydrogen) atoms. The van der Waals surface area contributed by atoms with Gasteiger partial charge in [-0.3, -0.25) is 4.98 Å². The number of benzene rings is 1. The summed E-state index contributed by atoms with van der Waals surface area (Å²) in [5.41, 5.74) is 4.58. The molecule has 0 bridgehead atoms. The quantitative estimate of drug-likeness (QED) is 0.784. The third kappa shape index (κ3) is 5.08. The Labute approximate surface area is 163 Å². The summed E-state index contributed by atoms with van der Waals surface area (Å²) in [4.78, 5) is 6.98. The molecule has 0 radical (unpaired) electrons. The topological polar surface area (TPSA) is 40.2 Å². The molecule has 0 atom stereocenters. The van der Waals surface area contributed by atoms with Gasteiger partial charge in [0.15, 0.2) is 0 Å². The van der Waals surface area contributed by atoms with Crippen LogP contribution in [0, 0.1) is 6.92 Å². The van der Waals surface area contributed by atoms with Gasteiger partial charge in [-0.25, -0.2) is 0 Å². The van der Waals surface area contributed by atoms with E-state index >= 15 is 0 Å². The molecule has 0 amide bonds. The Morgan fingerprint density at radius 1 is 0.963 bits per heavy atom. The van der Waals surface area contributed by atoms with E-state index in [4.69, 9.17) is 0 Å². The predicted octanol–water partition coefficient (Wildman–Crippen LogP) is 4.63. The average Bonchev–Trinajstić information content (AvgIpc) is 3.23. The Bertz CT molecular complexity index is 713. The first kappa shape index (κ1) is 18.5. The highest BCUT2D eigenvalue weighted by Crippen LogP contribution is 2.26. The number of likely N-dealkylation sites (tertiary alicyclic amines) is 1. The summed E-state index contributed by atoms with van der Waals surface area (Å²) in [5.74, 6) is 0. The van der Waals surface area contributed by atoms with E-state index in [0.29, 0.717) is 6.04 Å². The second-order valence-corrected chi connectivity index (χ2v) is 8.14. The second-order valence-electron chi connectivity index (χ2n) is 8.14. The third-order valence-corrected chi connectivity index (χ3v) is 6.10. The van der Waals surface area contributed by atoms with Crippen LogP contribution in [-0.4, -0.2) is 35.1 Å². The molecule has 1 saturated heterocycles. The zero-order chi connectivity index (χ0) is 18.5. The molecule has 2 fully saturated rings. The maximum absolute atomic E-state index is 4.24. The summed E-state index contributed by atoms with van der Waals surface area (Å²) in [5, 5.41) is 7.21. The van der Waals surface area contributed by atoms with Gasteiger partial charge >= 0.3 is 0 Å². The van der Waals surface area contributed by atoms with Gasteiger partial charge in [0.2, 0.25) is 0 Å². The Morgan fingerprint density at radius 3 is 2.41 bits per heavy atom. The van der Waals surface area contributed by atoms with Crippen molar-refractivity contribution in [1.82, 2.24) is 15.2 Å². The Hall–Kier alpha value is -1.91. The molecule has 2 aromatic rings. The van der Waals surface area contributed by atoms with Crippen LogP contribution < -0.4 is 10.6 Å². The van der Waals surface area contributed by atoms with Crippen molar-refractivity contribution in [1.29, 1.82) is 0 Å². The van der Waals surface area contributed by atoms with E-state index in [9.17, 15) is 0 Å². The van der Waals surface area contributed by atoms with Gasteiger partial charge in [-0.1, -0.05) is 25.0 Å². The van der Waals surface area contributed by atoms with Gasteiger partial charge in [0, 0.05) is 41.9 Å². The van der Waals surface area contributed by atoms with Crippen molar-refractivity contribution in [2.45, 2.75) is 64.1 Å². The van der Waals surface area contributed by atoms with Gasteiger partial charge in [-0.2, -0.15) is 0 Å². The van der Waals surface area contributed by atoms with E-state index in [-0.39, 0.29) is 0 Å². The maximum Gasteiger partial charge on any atom is 0.0417 e. The van der Waals surface area contributed by atoms with Crippen molar-refractivity contribution in [3.05, 3.63) is 53.9 Å². The summed E-state index contributed by atoms with van der Waals surface area (Å²) in [6.07, 6.45) is 10.2. The molecular weight excluding hydrogens is 332 g/mol. The van der Waals surface area contributed by atoms with Crippen LogP contribution in [0.3, 0.4) is 0 Å². The Balaban J connectivity index is 1.22. The van der Waals surface area contributed by atoms with Crippen LogP contribution in [0.2, 0.25) is 0 Å². The summed E-state index contributed by atoms with van der Waals surface area (Å²) in [7, 11) is 0. The van der Waals surface area contributed by atoms with Crippen LogP contribution in [0.1, 0.15) is 49.8 Å². The van der Waals surface area contributed by atoms with Crippen molar-refractivity contribution in [2.24, 2.45) is 0 Å². The van der Waals surface area contributed by atoms with E-state index in [1.807, 2.05) is 19.2 Å². The van der Waals surface area contributed by atoms with Crippen LogP contribution in [-0.2, 0) is 6.54 Å². The van der Waals surface area contributed by atoms with Gasteiger partial charge in [0.1, 0.15) is 0 Å². The first-order chi connectivity index (χ1) is 13.3. The van der Waals surface area contributed by atoms with Crippen LogP contribution in [0.5, 0.6) is 0 Å². The van der Waals surface area contributed by atoms with Crippen LogP contribution >= 0.6 is 0 Å². The molecule has 144 valence electrons. The van der Waals surface area contributed by atoms with Gasteiger partial charge < -0.3 is 15.5 Å². The van der Waals surface area contributed by atoms with E-state index in [1.165, 1.54) is 57.2 Å². The van der Waals surface area contributed by atoms with E-state index in [1.54, 1.807) is 0 Å². The minimum absolute atomic E-state index is 0.667. The van der Waals surface area contributed by atoms with Gasteiger partial charge in [-0.05, 0) is 75.5 Å². The van der Waals surface area contributed by atoms with E-state index in [2.05, 4.69) is 50.8 Å². The number of anilines is 2. The van der Waals surface area contributed by atoms with Crippen LogP contribution in [0.4, 0.5) is 11.4 Å². The molecule has 1 aromatic heterocycles. The summed E-state index contributed by atoms with van der Waals surface area (Å²) in [6, 6.07) is 14.4. The molecule has 1 aliphatic carbocycles. The zero-order valence-electron chi connectivity index (χ0n) is 16.5. The lowest BCUT2D eigenvalue weighted by Gasteiger charge is -2.36. The lowest BCUT2D eigenvalue weighted by atomic mass is 10.0. The molecule has 1 aliphatic heterocycles. The number of piperidine rings is 1. The first-order valence-corrected chi connectivity index (χ1v) is 10.5. The van der Waals surface area contributed by atoms with Crippen LogP contribution in [0.15, 0.2) is 42.6 Å². The number of hydrogen-bond acceptors (Lipinski definition) is 4. The minimum atomic E-state index is 0.667. The van der Waals surface area contributed by atoms with Gasteiger partial charge in [0.05, 0.1) is 0 Å². The number of rotatable bonds is 6. The highest BCUT2D eigenvalue weighted by molar-refractivity contribution is 5.59. The first-order valence-electron chi connectivity index (χ1n) is 10.5. The SMILES string of the molecule is Cc1cc(Nc2ccc(CNC3CCN(C4CCCC4)CC3)cc2)ccn1. The molecule has 0 unspecified atom stereocenters. The highest BCUT2D eigenvalue weighted by atomic mass is 15.2. The Morgan fingerprint density at radius 2 is 1.70 bits per heavy atom. The van der Waals surface area contributed by atoms with Crippen molar-refractivity contribution >= 4 is 11.4 Å². The molecule has 1 saturated carbocycles. The lowest BCUT2D eigenvalue weighted by molar-refractivity contribution is 0.144. The largest absolute Gasteiger partial charge is 0.355 e. The fourth-order valence-electron chi connectivity index (χ4n) is 4.50. The molecule has 2 heterocycles. The third-order valence-electron chi connectivity index (χ3n) is 6.10. The molecule has 0 spiro atoms. The molecule has 4 heteroatoms. The van der Waals surface area contributed by atoms with Gasteiger partial charge in [-0.15, -0.1) is 0 Å². The standard InChI is InChI=1S/C23H32N4/c1-18-16-22(10-13-24-18)26-21-8-6-19(7-9-21)17-25-20-11-14-27(15-12-20)23-4-2-3-5-23/h6-10,13,16,20,23,25H,2-5,11-12,14-15,17H2,1H3,(H,24,26). The van der Waals surface area contributed by atoms with E-state index < -0.39 is 0 Å². The van der Waals surface area contributed by atoms with Crippen LogP contribution in [0.25, 0.3) is 0 Å². The summed E-state index contributed by atoms with van der Waals surface area (Å²) < 4.78 is 0. The zero-order valence-corrected chi connectivity index (χ0v) is 16.5. The monoisotopic (exact) mass is 364 g/mol. The van der Waals surface area contributed by atoms with E-state index in [0.717, 1.165) is 29.7 Å². The average molecular weight is 365 g/mol. The molecule has 4 nitrogen and oxygen atoms in total. The number of nitrogens with one attached hydrogen (secondary N) is 2. The van der Waals surface area contributed by atoms with Crippen molar-refractivity contribution in [2.75, 3.05) is 18.4 Å². The molecular formula is C23H32N4. The smallest absolute Gasteiger partial charge is 0.0417 e. The normalized spacial score (nSPS) is 19.4. The number of nitrogens with zero attached hydrogens (tertiary/aromatic N) is 2.